The van der Waals surface area contributed by atoms with Gasteiger partial charge in [-0.25, -0.2) is 0 Å². The van der Waals surface area contributed by atoms with Crippen molar-refractivity contribution in [2.45, 2.75) is 12.5 Å². The topological polar surface area (TPSA) is 47.7 Å². The minimum atomic E-state index is 0.128. The van der Waals surface area contributed by atoms with Crippen molar-refractivity contribution in [3.05, 3.63) is 23.8 Å². The lowest BCUT2D eigenvalue weighted by molar-refractivity contribution is 0.353. The molecule has 1 unspecified atom stereocenters. The molecule has 0 fully saturated rings. The van der Waals surface area contributed by atoms with Gasteiger partial charge in [-0.2, -0.15) is 0 Å². The van der Waals surface area contributed by atoms with Crippen molar-refractivity contribution in [3.63, 3.8) is 0 Å². The Labute approximate surface area is 103 Å². The van der Waals surface area contributed by atoms with Crippen molar-refractivity contribution in [1.82, 2.24) is 4.90 Å². The van der Waals surface area contributed by atoms with Gasteiger partial charge in [0, 0.05) is 12.6 Å². The van der Waals surface area contributed by atoms with E-state index in [0.717, 1.165) is 30.0 Å². The first-order chi connectivity index (χ1) is 8.06. The highest BCUT2D eigenvalue weighted by molar-refractivity contribution is 5.43. The van der Waals surface area contributed by atoms with E-state index in [-0.39, 0.29) is 6.04 Å². The summed E-state index contributed by atoms with van der Waals surface area (Å²) in [4.78, 5) is 2.09. The Morgan fingerprint density at radius 2 is 1.82 bits per heavy atom. The van der Waals surface area contributed by atoms with Gasteiger partial charge in [0.05, 0.1) is 14.2 Å². The van der Waals surface area contributed by atoms with Crippen LogP contribution in [0.5, 0.6) is 11.5 Å². The van der Waals surface area contributed by atoms with E-state index in [1.165, 1.54) is 0 Å². The van der Waals surface area contributed by atoms with E-state index in [4.69, 9.17) is 15.2 Å². The van der Waals surface area contributed by atoms with Crippen molar-refractivity contribution in [1.29, 1.82) is 0 Å². The Kier molecular flexibility index (Phi) is 5.25. The Morgan fingerprint density at radius 1 is 1.18 bits per heavy atom. The second-order valence-electron chi connectivity index (χ2n) is 4.42. The Balaban J connectivity index is 2.72. The molecular formula is C13H22N2O2. The molecule has 0 aliphatic heterocycles. The smallest absolute Gasteiger partial charge is 0.160 e. The summed E-state index contributed by atoms with van der Waals surface area (Å²) in [6.07, 6.45) is 0.832. The molecule has 1 aromatic rings. The van der Waals surface area contributed by atoms with Crippen LogP contribution in [0.2, 0.25) is 0 Å². The van der Waals surface area contributed by atoms with Crippen molar-refractivity contribution >= 4 is 0 Å². The van der Waals surface area contributed by atoms with Gasteiger partial charge in [-0.3, -0.25) is 0 Å². The Morgan fingerprint density at radius 3 is 2.35 bits per heavy atom. The number of hydrogen-bond donors (Lipinski definition) is 1. The molecule has 2 N–H and O–H groups in total. The second kappa shape index (κ2) is 6.47. The zero-order chi connectivity index (χ0) is 12.8. The van der Waals surface area contributed by atoms with Gasteiger partial charge in [0.15, 0.2) is 11.5 Å². The number of methoxy groups -OCH3 is 2. The maximum Gasteiger partial charge on any atom is 0.160 e. The van der Waals surface area contributed by atoms with E-state index in [1.807, 2.05) is 32.3 Å². The number of nitrogens with two attached hydrogens (primary N) is 1. The maximum absolute atomic E-state index is 6.06. The molecule has 0 spiro atoms. The Bertz CT molecular complexity index is 353. The summed E-state index contributed by atoms with van der Waals surface area (Å²) < 4.78 is 10.5. The second-order valence-corrected chi connectivity index (χ2v) is 4.42. The van der Waals surface area contributed by atoms with Crippen LogP contribution in [0.25, 0.3) is 0 Å². The molecule has 1 rings (SSSR count). The van der Waals surface area contributed by atoms with E-state index < -0.39 is 0 Å². The molecule has 96 valence electrons. The van der Waals surface area contributed by atoms with Gasteiger partial charge in [-0.15, -0.1) is 0 Å². The molecule has 0 heterocycles. The maximum atomic E-state index is 6.06. The van der Waals surface area contributed by atoms with Gasteiger partial charge in [0.2, 0.25) is 0 Å². The summed E-state index contributed by atoms with van der Waals surface area (Å²) in [6, 6.07) is 6.05. The van der Waals surface area contributed by atoms with Gasteiger partial charge in [0.25, 0.3) is 0 Å². The summed E-state index contributed by atoms with van der Waals surface area (Å²) in [5.74, 6) is 1.50. The van der Waals surface area contributed by atoms with Crippen LogP contribution in [0.3, 0.4) is 0 Å². The largest absolute Gasteiger partial charge is 0.493 e. The van der Waals surface area contributed by atoms with E-state index in [9.17, 15) is 0 Å². The van der Waals surface area contributed by atoms with Crippen molar-refractivity contribution in [3.8, 4) is 11.5 Å². The van der Waals surface area contributed by atoms with Crippen molar-refractivity contribution in [2.75, 3.05) is 34.9 Å². The third-order valence-electron chi connectivity index (χ3n) is 2.55. The zero-order valence-corrected chi connectivity index (χ0v) is 11.1. The quantitative estimate of drug-likeness (QED) is 0.807. The lowest BCUT2D eigenvalue weighted by Crippen LogP contribution is -2.34. The summed E-state index contributed by atoms with van der Waals surface area (Å²) in [5.41, 5.74) is 7.22. The molecule has 1 aromatic carbocycles. The molecule has 17 heavy (non-hydrogen) atoms. The molecule has 0 saturated carbocycles. The van der Waals surface area contributed by atoms with Gasteiger partial charge in [0.1, 0.15) is 0 Å². The third-order valence-corrected chi connectivity index (χ3v) is 2.55. The standard InChI is InChI=1S/C13H22N2O2/c1-15(2)9-11(14)7-10-5-6-12(16-3)13(8-10)17-4/h5-6,8,11H,7,9,14H2,1-4H3. The fourth-order valence-corrected chi connectivity index (χ4v) is 1.84. The molecule has 0 radical (unpaired) electrons. The van der Waals surface area contributed by atoms with Gasteiger partial charge >= 0.3 is 0 Å². The molecule has 0 saturated heterocycles. The van der Waals surface area contributed by atoms with Crippen LogP contribution >= 0.6 is 0 Å². The van der Waals surface area contributed by atoms with Crippen LogP contribution in [0.1, 0.15) is 5.56 Å². The predicted octanol–water partition coefficient (Wildman–Crippen LogP) is 1.14. The molecule has 0 amide bonds. The van der Waals surface area contributed by atoms with Crippen LogP contribution in [-0.2, 0) is 6.42 Å². The highest BCUT2D eigenvalue weighted by Crippen LogP contribution is 2.27. The molecular weight excluding hydrogens is 216 g/mol. The average molecular weight is 238 g/mol. The molecule has 1 atom stereocenters. The first-order valence-corrected chi connectivity index (χ1v) is 5.68. The van der Waals surface area contributed by atoms with E-state index in [2.05, 4.69) is 4.90 Å². The minimum absolute atomic E-state index is 0.128. The molecule has 0 bridgehead atoms. The van der Waals surface area contributed by atoms with Crippen LogP contribution < -0.4 is 15.2 Å². The average Bonchev–Trinajstić information content (AvgIpc) is 2.27. The number of nitrogens with zero attached hydrogens (tertiary/aromatic N) is 1. The molecule has 4 heteroatoms. The number of likely N-dealkylation sites (N-methyl/N-ethyl adjacent to an activating group) is 1. The summed E-state index contributed by atoms with van der Waals surface area (Å²) >= 11 is 0. The third kappa shape index (κ3) is 4.24. The lowest BCUT2D eigenvalue weighted by atomic mass is 10.1. The van der Waals surface area contributed by atoms with Crippen molar-refractivity contribution in [2.24, 2.45) is 5.73 Å². The monoisotopic (exact) mass is 238 g/mol. The van der Waals surface area contributed by atoms with Gasteiger partial charge < -0.3 is 20.1 Å². The van der Waals surface area contributed by atoms with Crippen molar-refractivity contribution < 1.29 is 9.47 Å². The van der Waals surface area contributed by atoms with Crippen LogP contribution in [0.4, 0.5) is 0 Å². The summed E-state index contributed by atoms with van der Waals surface area (Å²) in [5, 5.41) is 0. The normalized spacial score (nSPS) is 12.6. The number of benzene rings is 1. The fraction of sp³-hybridized carbons (Fsp3) is 0.538. The summed E-state index contributed by atoms with van der Waals surface area (Å²) in [6.45, 7) is 0.869. The van der Waals surface area contributed by atoms with Gasteiger partial charge in [-0.1, -0.05) is 6.07 Å². The number of hydrogen-bond acceptors (Lipinski definition) is 4. The SMILES string of the molecule is COc1ccc(CC(N)CN(C)C)cc1OC. The van der Waals surface area contributed by atoms with E-state index >= 15 is 0 Å². The predicted molar refractivity (Wildman–Crippen MR) is 69.8 cm³/mol. The molecule has 0 aromatic heterocycles. The number of rotatable bonds is 6. The first-order valence-electron chi connectivity index (χ1n) is 5.68. The fourth-order valence-electron chi connectivity index (χ4n) is 1.84. The van der Waals surface area contributed by atoms with Crippen LogP contribution in [0.15, 0.2) is 18.2 Å². The molecule has 4 nitrogen and oxygen atoms in total. The Hall–Kier alpha value is -1.26. The highest BCUT2D eigenvalue weighted by atomic mass is 16.5. The van der Waals surface area contributed by atoms with E-state index in [0.29, 0.717) is 0 Å². The van der Waals surface area contributed by atoms with Crippen LogP contribution in [-0.4, -0.2) is 45.8 Å². The molecule has 0 aliphatic carbocycles. The van der Waals surface area contributed by atoms with Gasteiger partial charge in [-0.05, 0) is 38.2 Å². The zero-order valence-electron chi connectivity index (χ0n) is 11.1. The molecule has 0 aliphatic rings. The minimum Gasteiger partial charge on any atom is -0.493 e. The lowest BCUT2D eigenvalue weighted by Gasteiger charge is -2.17. The highest BCUT2D eigenvalue weighted by Gasteiger charge is 2.09. The first kappa shape index (κ1) is 13.8. The number of ether oxygens (including phenoxy) is 2. The van der Waals surface area contributed by atoms with Crippen LogP contribution in [0, 0.1) is 0 Å². The summed E-state index contributed by atoms with van der Waals surface area (Å²) in [7, 11) is 7.32. The van der Waals surface area contributed by atoms with E-state index in [1.54, 1.807) is 14.2 Å².